The molecule has 15 N–H and O–H groups in total. The summed E-state index contributed by atoms with van der Waals surface area (Å²) in [5, 5.41) is 97.8. The van der Waals surface area contributed by atoms with Crippen LogP contribution in [0.2, 0.25) is 0 Å². The smallest absolute Gasteiger partial charge is 0.506 e. The van der Waals surface area contributed by atoms with Crippen molar-refractivity contribution in [2.75, 3.05) is 84.2 Å². The normalized spacial score (nSPS) is 11.6. The summed E-state index contributed by atoms with van der Waals surface area (Å²) >= 11 is 0. The van der Waals surface area contributed by atoms with E-state index in [1.54, 1.807) is 12.1 Å². The number of azo groups is 2. The number of benzene rings is 6. The summed E-state index contributed by atoms with van der Waals surface area (Å²) in [6.45, 7) is 5.77. The molecular weight excluding hydrogens is 1080 g/mol. The van der Waals surface area contributed by atoms with Gasteiger partial charge in [0.05, 0.1) is 51.0 Å². The van der Waals surface area contributed by atoms with E-state index in [1.165, 1.54) is 31.2 Å². The molecular formula is C45H61CuN8O17S3+3. The number of nitrogens with zero attached hydrogens (tertiary/aromatic N) is 4. The van der Waals surface area contributed by atoms with Gasteiger partial charge in [-0.3, -0.25) is 13.7 Å². The van der Waals surface area contributed by atoms with Crippen LogP contribution in [0.1, 0.15) is 9.84 Å². The zero-order chi connectivity index (χ0) is 54.2. The summed E-state index contributed by atoms with van der Waals surface area (Å²) in [5.41, 5.74) is 0.580. The molecule has 0 atom stereocenters. The van der Waals surface area contributed by atoms with Crippen LogP contribution in [0.3, 0.4) is 0 Å². The summed E-state index contributed by atoms with van der Waals surface area (Å²) < 4.78 is 102. The molecule has 6 aromatic rings. The van der Waals surface area contributed by atoms with Gasteiger partial charge in [0, 0.05) is 89.9 Å². The molecule has 25 nitrogen and oxygen atoms in total. The van der Waals surface area contributed by atoms with Crippen molar-refractivity contribution >= 4 is 86.0 Å². The first-order chi connectivity index (χ1) is 34.6. The molecule has 1 radical (unpaired) electrons. The first kappa shape index (κ1) is 64.4. The van der Waals surface area contributed by atoms with Crippen LogP contribution in [-0.2, 0) is 47.4 Å². The van der Waals surface area contributed by atoms with Gasteiger partial charge in [-0.25, -0.2) is 0 Å². The number of para-hydroxylation sites is 1. The van der Waals surface area contributed by atoms with E-state index in [4.69, 9.17) is 30.6 Å². The summed E-state index contributed by atoms with van der Waals surface area (Å²) in [4.78, 5) is -2.10. The van der Waals surface area contributed by atoms with Gasteiger partial charge in [0.25, 0.3) is 30.4 Å². The SMILES string of the molecule is Cc1cc(N=Nc2c(S(=O)(=O)O)cc3cc(Nc4ccccc4)ccc3c2O)c(O)cc1N=Nc1cc(S(=O)(=O)O)c2cccc(S(=O)(=O)O)c2c1.OCCNCCO.OCCNCCO.OCCNCCO.[Cu].[H+].[H+].[H+]. The summed E-state index contributed by atoms with van der Waals surface area (Å²) in [5.74, 6) is -1.15. The molecule has 0 saturated carbocycles. The minimum Gasteiger partial charge on any atom is -0.506 e. The Morgan fingerprint density at radius 3 is 1.49 bits per heavy atom. The van der Waals surface area contributed by atoms with Gasteiger partial charge < -0.3 is 62.1 Å². The summed E-state index contributed by atoms with van der Waals surface area (Å²) in [6.07, 6.45) is 0. The maximum Gasteiger partial charge on any atom is 1.00 e. The van der Waals surface area contributed by atoms with Crippen LogP contribution in [0, 0.1) is 6.92 Å². The van der Waals surface area contributed by atoms with Gasteiger partial charge >= 0.3 is 4.28 Å². The number of phenolic OH excluding ortho intramolecular Hbond substituents is 2. The van der Waals surface area contributed by atoms with E-state index in [2.05, 4.69) is 41.7 Å². The third kappa shape index (κ3) is 20.6. The Kier molecular flexibility index (Phi) is 27.8. The topological polar surface area (TPSA) is 423 Å². The second-order valence-corrected chi connectivity index (χ2v) is 19.0. The van der Waals surface area contributed by atoms with E-state index in [9.17, 15) is 49.1 Å². The van der Waals surface area contributed by atoms with Gasteiger partial charge in [-0.1, -0.05) is 30.3 Å². The number of aliphatic hydroxyl groups excluding tert-OH is 6. The molecule has 0 aromatic heterocycles. The van der Waals surface area contributed by atoms with Crippen LogP contribution in [-0.4, -0.2) is 159 Å². The van der Waals surface area contributed by atoms with E-state index >= 15 is 0 Å². The molecule has 0 aliphatic carbocycles. The quantitative estimate of drug-likeness (QED) is 0.0209. The van der Waals surface area contributed by atoms with Gasteiger partial charge in [0.15, 0.2) is 5.75 Å². The molecule has 0 aliphatic rings. The fourth-order valence-electron chi connectivity index (χ4n) is 6.14. The number of aromatic hydroxyl groups is 2. The molecule has 74 heavy (non-hydrogen) atoms. The molecule has 0 amide bonds. The number of nitrogens with one attached hydrogen (secondary N) is 4. The van der Waals surface area contributed by atoms with Crippen molar-refractivity contribution in [3.63, 3.8) is 0 Å². The molecule has 0 unspecified atom stereocenters. The molecule has 0 saturated heterocycles. The Bertz CT molecular complexity index is 3120. The van der Waals surface area contributed by atoms with Crippen molar-refractivity contribution < 1.29 is 101 Å². The van der Waals surface area contributed by atoms with E-state index in [1.807, 2.05) is 30.3 Å². The Morgan fingerprint density at radius 1 is 0.473 bits per heavy atom. The van der Waals surface area contributed by atoms with Crippen molar-refractivity contribution in [2.24, 2.45) is 20.5 Å². The average molecular weight is 1150 g/mol. The van der Waals surface area contributed by atoms with Crippen molar-refractivity contribution in [1.29, 1.82) is 0 Å². The van der Waals surface area contributed by atoms with Crippen molar-refractivity contribution in [3.8, 4) is 11.5 Å². The number of hydrogen-bond donors (Lipinski definition) is 15. The molecule has 0 spiro atoms. The zero-order valence-corrected chi connectivity index (χ0v) is 42.8. The van der Waals surface area contributed by atoms with Crippen LogP contribution in [0.5, 0.6) is 11.5 Å². The molecule has 0 fully saturated rings. The first-order valence-corrected chi connectivity index (χ1v) is 26.0. The summed E-state index contributed by atoms with van der Waals surface area (Å²) in [6, 6.07) is 22.8. The van der Waals surface area contributed by atoms with Crippen molar-refractivity contribution in [2.45, 2.75) is 21.6 Å². The van der Waals surface area contributed by atoms with Crippen LogP contribution in [0.4, 0.5) is 34.1 Å². The van der Waals surface area contributed by atoms with Crippen molar-refractivity contribution in [1.82, 2.24) is 16.0 Å². The number of rotatable bonds is 21. The van der Waals surface area contributed by atoms with Crippen LogP contribution >= 0.6 is 0 Å². The summed E-state index contributed by atoms with van der Waals surface area (Å²) in [7, 11) is -14.7. The maximum atomic E-state index is 12.4. The van der Waals surface area contributed by atoms with E-state index < -0.39 is 62.2 Å². The molecule has 29 heteroatoms. The second kappa shape index (κ2) is 31.9. The minimum atomic E-state index is -4.94. The van der Waals surface area contributed by atoms with Gasteiger partial charge in [-0.2, -0.15) is 35.5 Å². The number of aliphatic hydroxyl groups is 6. The molecule has 0 bridgehead atoms. The Labute approximate surface area is 441 Å². The monoisotopic (exact) mass is 1140 g/mol. The third-order valence-corrected chi connectivity index (χ3v) is 12.1. The molecule has 409 valence electrons. The molecule has 0 aliphatic heterocycles. The number of anilines is 2. The third-order valence-electron chi connectivity index (χ3n) is 9.41. The van der Waals surface area contributed by atoms with Gasteiger partial charge in [-0.15, -0.1) is 10.2 Å². The number of aryl methyl sites for hydroxylation is 1. The van der Waals surface area contributed by atoms with Crippen LogP contribution < -0.4 is 21.3 Å². The van der Waals surface area contributed by atoms with Crippen molar-refractivity contribution in [3.05, 3.63) is 103 Å². The predicted molar refractivity (Wildman–Crippen MR) is 274 cm³/mol. The minimum absolute atomic E-state index is 0. The second-order valence-electron chi connectivity index (χ2n) is 14.8. The fourth-order valence-corrected chi connectivity index (χ4v) is 8.22. The van der Waals surface area contributed by atoms with E-state index in [0.717, 1.165) is 36.0 Å². The molecule has 6 aromatic carbocycles. The number of fused-ring (bicyclic) bond motifs is 2. The van der Waals surface area contributed by atoms with E-state index in [-0.39, 0.29) is 99.6 Å². The molecule has 0 heterocycles. The molecule has 6 rings (SSSR count). The average Bonchev–Trinajstić information content (AvgIpc) is 3.34. The number of phenols is 2. The Morgan fingerprint density at radius 2 is 0.986 bits per heavy atom. The predicted octanol–water partition coefficient (Wildman–Crippen LogP) is 4.04. The van der Waals surface area contributed by atoms with Gasteiger partial charge in [-0.05, 0) is 78.5 Å². The van der Waals surface area contributed by atoms with Crippen LogP contribution in [0.25, 0.3) is 21.5 Å². The fraction of sp³-hybridized carbons (Fsp3) is 0.289. The largest absolute Gasteiger partial charge is 1.00 e. The van der Waals surface area contributed by atoms with Crippen LogP contribution in [0.15, 0.2) is 132 Å². The van der Waals surface area contributed by atoms with E-state index in [0.29, 0.717) is 50.5 Å². The van der Waals surface area contributed by atoms with Gasteiger partial charge in [0.1, 0.15) is 31.8 Å². The Hall–Kier alpha value is -5.67. The maximum absolute atomic E-state index is 12.4. The zero-order valence-electron chi connectivity index (χ0n) is 42.4. The Balaban J connectivity index is 0. The number of hydrogen-bond acceptors (Lipinski definition) is 22. The first-order valence-electron chi connectivity index (χ1n) is 21.7. The van der Waals surface area contributed by atoms with Gasteiger partial charge in [0.2, 0.25) is 0 Å². The standard InChI is InChI=1S/C33H25N5O11S3.3C4H11NO2.Cu/c1-18-12-27(28(39)17-26(18)36-35-22-15-25-24(30(16-22)51(44,45)46)8-5-9-29(25)50(41,42)43)37-38-32-31(52(47,48)49)14-19-13-21(10-11-23(19)33(32)40)34-20-6-3-2-4-7-20;3*6-3-1-5-2-4-7;/h2-17,34,39-40H,1H3,(H,41,42,43)(H,44,45,46)(H,47,48,49);3*5-7H,1-4H2;/p+3.